The lowest BCUT2D eigenvalue weighted by molar-refractivity contribution is -0.138. The van der Waals surface area contributed by atoms with Crippen molar-refractivity contribution in [3.8, 4) is 0 Å². The largest absolute Gasteiger partial charge is 0.372 e. The molecule has 0 N–H and O–H groups in total. The molecule has 25 heavy (non-hydrogen) atoms. The fraction of sp³-hybridized carbons (Fsp3) is 0.500. The third-order valence-corrected chi connectivity index (χ3v) is 4.99. The molecule has 2 heterocycles. The van der Waals surface area contributed by atoms with E-state index in [1.807, 2.05) is 57.7 Å². The molecular formula is C20H26N2O3. The van der Waals surface area contributed by atoms with Crippen molar-refractivity contribution in [1.29, 1.82) is 0 Å². The van der Waals surface area contributed by atoms with Crippen molar-refractivity contribution in [3.05, 3.63) is 40.6 Å². The molecule has 1 saturated heterocycles. The number of ether oxygens (including phenoxy) is 1. The fourth-order valence-corrected chi connectivity index (χ4v) is 3.66. The van der Waals surface area contributed by atoms with Crippen LogP contribution >= 0.6 is 0 Å². The number of carbonyl (C=O) groups is 2. The summed E-state index contributed by atoms with van der Waals surface area (Å²) in [5.74, 6) is -0.389. The standard InChI is InChI=1S/C20H26N2O3/c1-6-22-19(23)17(16-8-7-12(2)13(3)9-16)18(20(22)24)21-10-14(4)25-15(5)11-21/h7-9,14-15H,6,10-11H2,1-5H3. The minimum absolute atomic E-state index is 0.0239. The van der Waals surface area contributed by atoms with E-state index in [9.17, 15) is 9.59 Å². The van der Waals surface area contributed by atoms with Crippen molar-refractivity contribution in [2.45, 2.75) is 46.8 Å². The molecule has 0 aromatic heterocycles. The second-order valence-corrected chi connectivity index (χ2v) is 7.04. The number of carbonyl (C=O) groups excluding carboxylic acids is 2. The maximum atomic E-state index is 13.0. The molecule has 1 fully saturated rings. The molecule has 3 rings (SSSR count). The highest BCUT2D eigenvalue weighted by atomic mass is 16.5. The van der Waals surface area contributed by atoms with Gasteiger partial charge in [0.25, 0.3) is 11.8 Å². The van der Waals surface area contributed by atoms with Gasteiger partial charge in [-0.1, -0.05) is 18.2 Å². The summed E-state index contributed by atoms with van der Waals surface area (Å²) in [6.45, 7) is 11.5. The number of morpholine rings is 1. The van der Waals surface area contributed by atoms with Crippen LogP contribution in [0.3, 0.4) is 0 Å². The highest BCUT2D eigenvalue weighted by Gasteiger charge is 2.42. The summed E-state index contributed by atoms with van der Waals surface area (Å²) in [6.07, 6.45) is 0.0478. The Labute approximate surface area is 149 Å². The van der Waals surface area contributed by atoms with Crippen molar-refractivity contribution < 1.29 is 14.3 Å². The molecule has 0 saturated carbocycles. The zero-order valence-corrected chi connectivity index (χ0v) is 15.6. The number of amides is 2. The van der Waals surface area contributed by atoms with Gasteiger partial charge < -0.3 is 9.64 Å². The SMILES string of the molecule is CCN1C(=O)C(c2ccc(C)c(C)c2)=C(N2CC(C)OC(C)C2)C1=O. The van der Waals surface area contributed by atoms with Gasteiger partial charge in [-0.25, -0.2) is 0 Å². The number of imide groups is 1. The second kappa shape index (κ2) is 6.64. The Morgan fingerprint density at radius 3 is 2.24 bits per heavy atom. The van der Waals surface area contributed by atoms with Crippen LogP contribution in [0.2, 0.25) is 0 Å². The Morgan fingerprint density at radius 2 is 1.68 bits per heavy atom. The molecule has 2 aliphatic heterocycles. The molecule has 1 aromatic rings. The Hall–Kier alpha value is -2.14. The van der Waals surface area contributed by atoms with Crippen molar-refractivity contribution in [3.63, 3.8) is 0 Å². The highest BCUT2D eigenvalue weighted by Crippen LogP contribution is 2.33. The molecule has 2 amide bonds. The average Bonchev–Trinajstić information content (AvgIpc) is 2.79. The first kappa shape index (κ1) is 17.7. The van der Waals surface area contributed by atoms with Gasteiger partial charge >= 0.3 is 0 Å². The summed E-state index contributed by atoms with van der Waals surface area (Å²) in [5.41, 5.74) is 4.15. The van der Waals surface area contributed by atoms with Crippen LogP contribution in [0.5, 0.6) is 0 Å². The van der Waals surface area contributed by atoms with Crippen LogP contribution in [0.1, 0.15) is 37.5 Å². The van der Waals surface area contributed by atoms with E-state index in [2.05, 4.69) is 0 Å². The van der Waals surface area contributed by atoms with Crippen molar-refractivity contribution in [1.82, 2.24) is 9.80 Å². The summed E-state index contributed by atoms with van der Waals surface area (Å²) in [7, 11) is 0. The van der Waals surface area contributed by atoms with Gasteiger partial charge in [0.1, 0.15) is 5.70 Å². The lowest BCUT2D eigenvalue weighted by Crippen LogP contribution is -2.46. The number of aryl methyl sites for hydroxylation is 2. The van der Waals surface area contributed by atoms with Gasteiger partial charge in [0.2, 0.25) is 0 Å². The van der Waals surface area contributed by atoms with E-state index in [0.717, 1.165) is 11.1 Å². The number of benzene rings is 1. The first-order valence-corrected chi connectivity index (χ1v) is 8.92. The van der Waals surface area contributed by atoms with Crippen LogP contribution in [-0.2, 0) is 14.3 Å². The molecule has 134 valence electrons. The number of likely N-dealkylation sites (N-methyl/N-ethyl adjacent to an activating group) is 1. The molecule has 0 bridgehead atoms. The maximum absolute atomic E-state index is 13.0. The van der Waals surface area contributed by atoms with Gasteiger partial charge in [0.05, 0.1) is 17.8 Å². The molecule has 0 radical (unpaired) electrons. The Kier molecular flexibility index (Phi) is 4.69. The van der Waals surface area contributed by atoms with E-state index < -0.39 is 0 Å². The van der Waals surface area contributed by atoms with Crippen molar-refractivity contribution >= 4 is 17.4 Å². The Bertz CT molecular complexity index is 743. The van der Waals surface area contributed by atoms with Crippen molar-refractivity contribution in [2.24, 2.45) is 0 Å². The van der Waals surface area contributed by atoms with E-state index in [1.54, 1.807) is 0 Å². The topological polar surface area (TPSA) is 49.9 Å². The average molecular weight is 342 g/mol. The van der Waals surface area contributed by atoms with Gasteiger partial charge in [-0.3, -0.25) is 14.5 Å². The third kappa shape index (κ3) is 3.09. The minimum Gasteiger partial charge on any atom is -0.372 e. The number of hydrogen-bond donors (Lipinski definition) is 0. The molecule has 0 spiro atoms. The van der Waals surface area contributed by atoms with Crippen LogP contribution in [0.15, 0.2) is 23.9 Å². The van der Waals surface area contributed by atoms with Gasteiger partial charge in [-0.2, -0.15) is 0 Å². The molecule has 5 nitrogen and oxygen atoms in total. The second-order valence-electron chi connectivity index (χ2n) is 7.04. The molecular weight excluding hydrogens is 316 g/mol. The monoisotopic (exact) mass is 342 g/mol. The Morgan fingerprint density at radius 1 is 1.04 bits per heavy atom. The fourth-order valence-electron chi connectivity index (χ4n) is 3.66. The van der Waals surface area contributed by atoms with Crippen LogP contribution in [0.4, 0.5) is 0 Å². The smallest absolute Gasteiger partial charge is 0.277 e. The summed E-state index contributed by atoms with van der Waals surface area (Å²) in [5, 5.41) is 0. The molecule has 2 unspecified atom stereocenters. The summed E-state index contributed by atoms with van der Waals surface area (Å²) in [4.78, 5) is 29.3. The van der Waals surface area contributed by atoms with Crippen LogP contribution in [-0.4, -0.2) is 53.5 Å². The van der Waals surface area contributed by atoms with E-state index in [-0.39, 0.29) is 24.0 Å². The van der Waals surface area contributed by atoms with Gasteiger partial charge in [0.15, 0.2) is 0 Å². The van der Waals surface area contributed by atoms with Crippen LogP contribution < -0.4 is 0 Å². The third-order valence-electron chi connectivity index (χ3n) is 4.99. The van der Waals surface area contributed by atoms with Gasteiger partial charge in [-0.05, 0) is 51.3 Å². The lowest BCUT2D eigenvalue weighted by Gasteiger charge is -2.37. The van der Waals surface area contributed by atoms with Crippen LogP contribution in [0, 0.1) is 13.8 Å². The molecule has 2 atom stereocenters. The molecule has 0 aliphatic carbocycles. The summed E-state index contributed by atoms with van der Waals surface area (Å²) >= 11 is 0. The van der Waals surface area contributed by atoms with Gasteiger partial charge in [-0.15, -0.1) is 0 Å². The lowest BCUT2D eigenvalue weighted by atomic mass is 9.99. The first-order valence-electron chi connectivity index (χ1n) is 8.92. The predicted octanol–water partition coefficient (Wildman–Crippen LogP) is 2.51. The minimum atomic E-state index is -0.197. The quantitative estimate of drug-likeness (QED) is 0.792. The zero-order valence-electron chi connectivity index (χ0n) is 15.6. The predicted molar refractivity (Wildman–Crippen MR) is 96.8 cm³/mol. The number of rotatable bonds is 3. The maximum Gasteiger partial charge on any atom is 0.277 e. The normalized spacial score (nSPS) is 24.5. The Balaban J connectivity index is 2.12. The van der Waals surface area contributed by atoms with Gasteiger partial charge in [0, 0.05) is 19.6 Å². The summed E-state index contributed by atoms with van der Waals surface area (Å²) < 4.78 is 5.79. The van der Waals surface area contributed by atoms with Crippen LogP contribution in [0.25, 0.3) is 5.57 Å². The number of nitrogens with zero attached hydrogens (tertiary/aromatic N) is 2. The van der Waals surface area contributed by atoms with E-state index >= 15 is 0 Å². The molecule has 5 heteroatoms. The van der Waals surface area contributed by atoms with Crippen molar-refractivity contribution in [2.75, 3.05) is 19.6 Å². The number of hydrogen-bond acceptors (Lipinski definition) is 4. The van der Waals surface area contributed by atoms with E-state index in [1.165, 1.54) is 10.5 Å². The van der Waals surface area contributed by atoms with E-state index in [4.69, 9.17) is 4.74 Å². The van der Waals surface area contributed by atoms with E-state index in [0.29, 0.717) is 30.9 Å². The highest BCUT2D eigenvalue weighted by molar-refractivity contribution is 6.35. The molecule has 1 aromatic carbocycles. The molecule has 2 aliphatic rings. The zero-order chi connectivity index (χ0) is 18.3. The first-order chi connectivity index (χ1) is 11.8. The summed E-state index contributed by atoms with van der Waals surface area (Å²) in [6, 6.07) is 5.95.